The number of hydrogen-bond donors (Lipinski definition) is 1. The number of rotatable bonds is 7. The summed E-state index contributed by atoms with van der Waals surface area (Å²) in [7, 11) is 0. The number of nitrogens with two attached hydrogens (primary N) is 1. The van der Waals surface area contributed by atoms with Crippen molar-refractivity contribution in [3.8, 4) is 16.9 Å². The van der Waals surface area contributed by atoms with Gasteiger partial charge in [-0.2, -0.15) is 0 Å². The van der Waals surface area contributed by atoms with Gasteiger partial charge in [0.1, 0.15) is 5.75 Å². The number of benzene rings is 2. The Bertz CT molecular complexity index is 464. The first kappa shape index (κ1) is 13.6. The van der Waals surface area contributed by atoms with Crippen molar-refractivity contribution < 1.29 is 4.74 Å². The molecule has 2 nitrogen and oxygen atoms in total. The monoisotopic (exact) mass is 255 g/mol. The van der Waals surface area contributed by atoms with Crippen LogP contribution in [-0.2, 0) is 0 Å². The molecule has 0 atom stereocenters. The van der Waals surface area contributed by atoms with Gasteiger partial charge >= 0.3 is 0 Å². The van der Waals surface area contributed by atoms with Gasteiger partial charge in [0.15, 0.2) is 0 Å². The van der Waals surface area contributed by atoms with Crippen LogP contribution in [0.2, 0.25) is 0 Å². The Morgan fingerprint density at radius 3 is 2.11 bits per heavy atom. The summed E-state index contributed by atoms with van der Waals surface area (Å²) >= 11 is 0. The summed E-state index contributed by atoms with van der Waals surface area (Å²) in [6.45, 7) is 1.54. The zero-order valence-corrected chi connectivity index (χ0v) is 11.2. The fourth-order valence-electron chi connectivity index (χ4n) is 1.99. The molecule has 0 heterocycles. The third-order valence-corrected chi connectivity index (χ3v) is 3.08. The topological polar surface area (TPSA) is 35.2 Å². The van der Waals surface area contributed by atoms with Gasteiger partial charge in [0.25, 0.3) is 0 Å². The van der Waals surface area contributed by atoms with E-state index in [9.17, 15) is 0 Å². The van der Waals surface area contributed by atoms with Crippen molar-refractivity contribution >= 4 is 0 Å². The smallest absolute Gasteiger partial charge is 0.119 e. The summed E-state index contributed by atoms with van der Waals surface area (Å²) in [5.74, 6) is 0.937. The van der Waals surface area contributed by atoms with Crippen LogP contribution in [-0.4, -0.2) is 13.2 Å². The Morgan fingerprint density at radius 2 is 1.42 bits per heavy atom. The molecule has 100 valence electrons. The highest BCUT2D eigenvalue weighted by atomic mass is 16.5. The predicted octanol–water partition coefficient (Wildman–Crippen LogP) is 3.86. The van der Waals surface area contributed by atoms with Gasteiger partial charge in [-0.3, -0.25) is 0 Å². The lowest BCUT2D eigenvalue weighted by molar-refractivity contribution is 0.306. The zero-order chi connectivity index (χ0) is 13.3. The molecule has 2 aromatic carbocycles. The Balaban J connectivity index is 1.85. The van der Waals surface area contributed by atoms with E-state index < -0.39 is 0 Å². The molecular weight excluding hydrogens is 234 g/mol. The molecule has 0 amide bonds. The molecule has 2 rings (SSSR count). The Morgan fingerprint density at radius 1 is 0.737 bits per heavy atom. The third kappa shape index (κ3) is 4.42. The number of unbranched alkanes of at least 4 members (excludes halogenated alkanes) is 2. The fraction of sp³-hybridized carbons (Fsp3) is 0.294. The number of ether oxygens (including phenoxy) is 1. The average Bonchev–Trinajstić information content (AvgIpc) is 2.49. The third-order valence-electron chi connectivity index (χ3n) is 3.08. The first-order chi connectivity index (χ1) is 9.40. The van der Waals surface area contributed by atoms with Gasteiger partial charge in [0.2, 0.25) is 0 Å². The van der Waals surface area contributed by atoms with Crippen molar-refractivity contribution in [1.82, 2.24) is 0 Å². The van der Waals surface area contributed by atoms with E-state index in [-0.39, 0.29) is 0 Å². The molecule has 0 saturated carbocycles. The van der Waals surface area contributed by atoms with E-state index in [1.165, 1.54) is 11.1 Å². The van der Waals surface area contributed by atoms with Crippen LogP contribution in [0, 0.1) is 0 Å². The van der Waals surface area contributed by atoms with Crippen LogP contribution in [0.5, 0.6) is 5.75 Å². The summed E-state index contributed by atoms with van der Waals surface area (Å²) < 4.78 is 5.70. The second kappa shape index (κ2) is 7.59. The van der Waals surface area contributed by atoms with E-state index in [1.54, 1.807) is 0 Å². The van der Waals surface area contributed by atoms with Gasteiger partial charge < -0.3 is 10.5 Å². The van der Waals surface area contributed by atoms with E-state index in [1.807, 2.05) is 18.2 Å². The molecule has 0 saturated heterocycles. The summed E-state index contributed by atoms with van der Waals surface area (Å²) in [5.41, 5.74) is 7.90. The molecule has 2 heteroatoms. The van der Waals surface area contributed by atoms with Crippen LogP contribution >= 0.6 is 0 Å². The zero-order valence-electron chi connectivity index (χ0n) is 11.2. The summed E-state index contributed by atoms with van der Waals surface area (Å²) in [5, 5.41) is 0. The summed E-state index contributed by atoms with van der Waals surface area (Å²) in [6, 6.07) is 18.6. The van der Waals surface area contributed by atoms with E-state index >= 15 is 0 Å². The lowest BCUT2D eigenvalue weighted by atomic mass is 10.1. The van der Waals surface area contributed by atoms with Gasteiger partial charge in [-0.25, -0.2) is 0 Å². The molecule has 19 heavy (non-hydrogen) atoms. The van der Waals surface area contributed by atoms with Crippen molar-refractivity contribution in [3.05, 3.63) is 54.6 Å². The highest BCUT2D eigenvalue weighted by Gasteiger charge is 1.98. The van der Waals surface area contributed by atoms with Crippen LogP contribution in [0.1, 0.15) is 19.3 Å². The highest BCUT2D eigenvalue weighted by molar-refractivity contribution is 5.63. The van der Waals surface area contributed by atoms with Crippen molar-refractivity contribution in [3.63, 3.8) is 0 Å². The molecule has 0 unspecified atom stereocenters. The van der Waals surface area contributed by atoms with E-state index in [0.717, 1.165) is 38.2 Å². The molecular formula is C17H21NO. The molecule has 0 spiro atoms. The minimum atomic E-state index is 0.769. The van der Waals surface area contributed by atoms with Crippen molar-refractivity contribution in [2.45, 2.75) is 19.3 Å². The van der Waals surface area contributed by atoms with Crippen molar-refractivity contribution in [2.24, 2.45) is 5.73 Å². The molecule has 0 bridgehead atoms. The molecule has 0 fully saturated rings. The molecule has 0 radical (unpaired) electrons. The summed E-state index contributed by atoms with van der Waals surface area (Å²) in [6.07, 6.45) is 3.28. The van der Waals surface area contributed by atoms with Crippen molar-refractivity contribution in [2.75, 3.05) is 13.2 Å². The van der Waals surface area contributed by atoms with Gasteiger partial charge in [-0.05, 0) is 49.1 Å². The van der Waals surface area contributed by atoms with Gasteiger partial charge in [0, 0.05) is 0 Å². The standard InChI is InChI=1S/C17H21NO/c18-13-5-2-6-14-19-17-11-9-16(10-12-17)15-7-3-1-4-8-15/h1,3-4,7-12H,2,5-6,13-14,18H2. The SMILES string of the molecule is NCCCCCOc1ccc(-c2ccccc2)cc1. The number of hydrogen-bond acceptors (Lipinski definition) is 2. The maximum Gasteiger partial charge on any atom is 0.119 e. The Labute approximate surface area is 115 Å². The average molecular weight is 255 g/mol. The first-order valence-corrected chi connectivity index (χ1v) is 6.88. The first-order valence-electron chi connectivity index (χ1n) is 6.88. The minimum absolute atomic E-state index is 0.769. The lowest BCUT2D eigenvalue weighted by Crippen LogP contribution is -2.01. The Hall–Kier alpha value is -1.80. The van der Waals surface area contributed by atoms with Gasteiger partial charge in [0.05, 0.1) is 6.61 Å². The van der Waals surface area contributed by atoms with Crippen molar-refractivity contribution in [1.29, 1.82) is 0 Å². The van der Waals surface area contributed by atoms with E-state index in [0.29, 0.717) is 0 Å². The van der Waals surface area contributed by atoms with Crippen LogP contribution in [0.3, 0.4) is 0 Å². The molecule has 0 aromatic heterocycles. The normalized spacial score (nSPS) is 10.4. The van der Waals surface area contributed by atoms with Crippen LogP contribution in [0.15, 0.2) is 54.6 Å². The van der Waals surface area contributed by atoms with Crippen LogP contribution in [0.25, 0.3) is 11.1 Å². The van der Waals surface area contributed by atoms with E-state index in [4.69, 9.17) is 10.5 Å². The van der Waals surface area contributed by atoms with Crippen LogP contribution < -0.4 is 10.5 Å². The Kier molecular flexibility index (Phi) is 5.45. The molecule has 2 N–H and O–H groups in total. The second-order valence-corrected chi connectivity index (χ2v) is 4.59. The predicted molar refractivity (Wildman–Crippen MR) is 80.3 cm³/mol. The lowest BCUT2D eigenvalue weighted by Gasteiger charge is -2.07. The largest absolute Gasteiger partial charge is 0.494 e. The van der Waals surface area contributed by atoms with Gasteiger partial charge in [-0.15, -0.1) is 0 Å². The molecule has 0 aliphatic heterocycles. The van der Waals surface area contributed by atoms with Crippen LogP contribution in [0.4, 0.5) is 0 Å². The van der Waals surface area contributed by atoms with E-state index in [2.05, 4.69) is 36.4 Å². The second-order valence-electron chi connectivity index (χ2n) is 4.59. The fourth-order valence-corrected chi connectivity index (χ4v) is 1.99. The maximum absolute atomic E-state index is 5.70. The molecule has 2 aromatic rings. The van der Waals surface area contributed by atoms with Gasteiger partial charge in [-0.1, -0.05) is 42.5 Å². The molecule has 0 aliphatic rings. The minimum Gasteiger partial charge on any atom is -0.494 e. The quantitative estimate of drug-likeness (QED) is 0.762. The summed E-state index contributed by atoms with van der Waals surface area (Å²) in [4.78, 5) is 0. The highest BCUT2D eigenvalue weighted by Crippen LogP contribution is 2.22. The maximum atomic E-state index is 5.70. The molecule has 0 aliphatic carbocycles.